The Bertz CT molecular complexity index is 903. The largest absolute Gasteiger partial charge is 0.425 e. The molecule has 0 saturated carbocycles. The molecule has 0 amide bonds. The number of carbonyl (C=O) groups is 1. The van der Waals surface area contributed by atoms with E-state index in [4.69, 9.17) is 4.74 Å². The summed E-state index contributed by atoms with van der Waals surface area (Å²) in [5, 5.41) is 9.74. The molecule has 1 aromatic heterocycles. The maximum absolute atomic E-state index is 12.9. The second-order valence-electron chi connectivity index (χ2n) is 9.56. The Morgan fingerprint density at radius 2 is 1.43 bits per heavy atom. The van der Waals surface area contributed by atoms with Crippen LogP contribution in [0.5, 0.6) is 5.75 Å². The van der Waals surface area contributed by atoms with Crippen molar-refractivity contribution in [2.45, 2.75) is 111 Å². The van der Waals surface area contributed by atoms with E-state index >= 15 is 0 Å². The van der Waals surface area contributed by atoms with E-state index in [0.717, 1.165) is 37.7 Å². The monoisotopic (exact) mass is 477 g/mol. The predicted molar refractivity (Wildman–Crippen MR) is 142 cm³/mol. The molecule has 0 saturated heterocycles. The molecule has 35 heavy (non-hydrogen) atoms. The molecule has 2 aromatic rings. The Morgan fingerprint density at radius 1 is 0.857 bits per heavy atom. The molecule has 0 fully saturated rings. The lowest BCUT2D eigenvalue weighted by atomic mass is 9.81. The molecule has 5 nitrogen and oxygen atoms in total. The topological polar surface area (TPSA) is 75.9 Å². The van der Waals surface area contributed by atoms with Crippen LogP contribution in [0.2, 0.25) is 0 Å². The van der Waals surface area contributed by atoms with Gasteiger partial charge in [0.1, 0.15) is 5.75 Å². The third-order valence-corrected chi connectivity index (χ3v) is 6.76. The lowest BCUT2D eigenvalue weighted by Gasteiger charge is -2.22. The number of benzene rings is 1. The fraction of sp³-hybridized carbons (Fsp3) is 0.600. The zero-order valence-electron chi connectivity index (χ0n) is 22.0. The molecule has 5 heteroatoms. The first kappa shape index (κ1) is 28.5. The van der Waals surface area contributed by atoms with Crippen LogP contribution in [-0.4, -0.2) is 15.9 Å². The second kappa shape index (κ2) is 16.0. The quantitative estimate of drug-likeness (QED) is 0.130. The highest BCUT2D eigenvalue weighted by molar-refractivity contribution is 5.82. The number of ether oxygens (including phenoxy) is 1. The lowest BCUT2D eigenvalue weighted by Crippen LogP contribution is -2.33. The zero-order valence-corrected chi connectivity index (χ0v) is 22.0. The standard InChI is InChI=1S/C30H43N3O2/c1-4-7-9-11-12-13-14-16-25-22-32-28(33-23-25)26-17-19-27(20-18-26)35-29(34)30(6-3,24-31)21-15-10-8-5-2/h17-20,22-23H,4-16,21H2,1-3H3. The van der Waals surface area contributed by atoms with E-state index < -0.39 is 11.4 Å². The number of hydrogen-bond donors (Lipinski definition) is 0. The number of aromatic nitrogens is 2. The molecule has 2 rings (SSSR count). The van der Waals surface area contributed by atoms with Gasteiger partial charge in [-0.2, -0.15) is 5.26 Å². The van der Waals surface area contributed by atoms with Gasteiger partial charge in [-0.15, -0.1) is 0 Å². The molecule has 1 atom stereocenters. The lowest BCUT2D eigenvalue weighted by molar-refractivity contribution is -0.143. The molecular formula is C30H43N3O2. The predicted octanol–water partition coefficient (Wildman–Crippen LogP) is 8.23. The molecule has 1 heterocycles. The molecule has 0 aliphatic carbocycles. The smallest absolute Gasteiger partial charge is 0.331 e. The van der Waals surface area contributed by atoms with Crippen LogP contribution in [0.25, 0.3) is 11.4 Å². The van der Waals surface area contributed by atoms with Gasteiger partial charge in [0.25, 0.3) is 0 Å². The average molecular weight is 478 g/mol. The van der Waals surface area contributed by atoms with Gasteiger partial charge in [-0.05, 0) is 55.5 Å². The highest BCUT2D eigenvalue weighted by atomic mass is 16.5. The minimum Gasteiger partial charge on any atom is -0.425 e. The van der Waals surface area contributed by atoms with Crippen molar-refractivity contribution >= 4 is 5.97 Å². The van der Waals surface area contributed by atoms with Gasteiger partial charge in [-0.3, -0.25) is 0 Å². The summed E-state index contributed by atoms with van der Waals surface area (Å²) in [6.45, 7) is 6.27. The van der Waals surface area contributed by atoms with Crippen LogP contribution in [0.3, 0.4) is 0 Å². The van der Waals surface area contributed by atoms with Crippen molar-refractivity contribution in [3.8, 4) is 23.2 Å². The summed E-state index contributed by atoms with van der Waals surface area (Å²) in [5.74, 6) is 0.635. The van der Waals surface area contributed by atoms with E-state index in [1.54, 1.807) is 12.1 Å². The maximum atomic E-state index is 12.9. The maximum Gasteiger partial charge on any atom is 0.331 e. The van der Waals surface area contributed by atoms with Gasteiger partial charge in [0.15, 0.2) is 11.2 Å². The summed E-state index contributed by atoms with van der Waals surface area (Å²) in [6, 6.07) is 9.45. The summed E-state index contributed by atoms with van der Waals surface area (Å²) in [4.78, 5) is 21.9. The minimum absolute atomic E-state index is 0.441. The van der Waals surface area contributed by atoms with Gasteiger partial charge in [0.05, 0.1) is 6.07 Å². The van der Waals surface area contributed by atoms with Gasteiger partial charge < -0.3 is 4.74 Å². The third-order valence-electron chi connectivity index (χ3n) is 6.76. The first-order valence-corrected chi connectivity index (χ1v) is 13.6. The van der Waals surface area contributed by atoms with Crippen molar-refractivity contribution in [1.82, 2.24) is 9.97 Å². The van der Waals surface area contributed by atoms with Gasteiger partial charge in [-0.1, -0.05) is 85.0 Å². The summed E-state index contributed by atoms with van der Waals surface area (Å²) in [7, 11) is 0. The molecule has 0 N–H and O–H groups in total. The number of aryl methyl sites for hydroxylation is 1. The van der Waals surface area contributed by atoms with Crippen LogP contribution in [0.1, 0.15) is 110 Å². The average Bonchev–Trinajstić information content (AvgIpc) is 2.89. The fourth-order valence-electron chi connectivity index (χ4n) is 4.25. The highest BCUT2D eigenvalue weighted by Crippen LogP contribution is 2.31. The summed E-state index contributed by atoms with van der Waals surface area (Å²) in [5.41, 5.74) is 0.953. The summed E-state index contributed by atoms with van der Waals surface area (Å²) < 4.78 is 5.61. The van der Waals surface area contributed by atoms with Crippen molar-refractivity contribution in [3.05, 3.63) is 42.2 Å². The minimum atomic E-state index is -1.08. The first-order chi connectivity index (χ1) is 17.1. The SMILES string of the molecule is CCCCCCCCCc1cnc(-c2ccc(OC(=O)C(C#N)(CC)CCCCCC)cc2)nc1. The van der Waals surface area contributed by atoms with Crippen molar-refractivity contribution in [2.24, 2.45) is 5.41 Å². The number of rotatable bonds is 17. The van der Waals surface area contributed by atoms with Gasteiger partial charge in [0.2, 0.25) is 0 Å². The normalized spacial score (nSPS) is 12.6. The van der Waals surface area contributed by atoms with Crippen LogP contribution in [0, 0.1) is 16.7 Å². The van der Waals surface area contributed by atoms with E-state index in [9.17, 15) is 10.1 Å². The number of unbranched alkanes of at least 4 members (excludes halogenated alkanes) is 9. The number of nitriles is 1. The molecule has 1 unspecified atom stereocenters. The van der Waals surface area contributed by atoms with E-state index in [1.165, 1.54) is 50.5 Å². The number of hydrogen-bond acceptors (Lipinski definition) is 5. The molecular weight excluding hydrogens is 434 g/mol. The number of esters is 1. The Morgan fingerprint density at radius 3 is 2.00 bits per heavy atom. The zero-order chi connectivity index (χ0) is 25.4. The van der Waals surface area contributed by atoms with Crippen LogP contribution >= 0.6 is 0 Å². The molecule has 0 radical (unpaired) electrons. The number of carbonyl (C=O) groups excluding carboxylic acids is 1. The van der Waals surface area contributed by atoms with Crippen molar-refractivity contribution in [1.29, 1.82) is 5.26 Å². The molecule has 0 bridgehead atoms. The second-order valence-corrected chi connectivity index (χ2v) is 9.56. The molecule has 0 aliphatic heterocycles. The van der Waals surface area contributed by atoms with Crippen molar-refractivity contribution in [2.75, 3.05) is 0 Å². The Kier molecular flexibility index (Phi) is 13.0. The Hall–Kier alpha value is -2.74. The van der Waals surface area contributed by atoms with E-state index in [0.29, 0.717) is 24.4 Å². The van der Waals surface area contributed by atoms with E-state index in [1.807, 2.05) is 31.5 Å². The van der Waals surface area contributed by atoms with Crippen LogP contribution in [0.4, 0.5) is 0 Å². The summed E-state index contributed by atoms with van der Waals surface area (Å²) >= 11 is 0. The Balaban J connectivity index is 1.88. The summed E-state index contributed by atoms with van der Waals surface area (Å²) in [6.07, 6.45) is 19.0. The highest BCUT2D eigenvalue weighted by Gasteiger charge is 2.38. The van der Waals surface area contributed by atoms with Crippen molar-refractivity contribution in [3.63, 3.8) is 0 Å². The molecule has 190 valence electrons. The van der Waals surface area contributed by atoms with E-state index in [2.05, 4.69) is 29.9 Å². The third kappa shape index (κ3) is 9.43. The van der Waals surface area contributed by atoms with Gasteiger partial charge >= 0.3 is 5.97 Å². The van der Waals surface area contributed by atoms with Crippen LogP contribution < -0.4 is 4.74 Å². The van der Waals surface area contributed by atoms with Crippen LogP contribution in [-0.2, 0) is 11.2 Å². The Labute approximate surface area is 212 Å². The van der Waals surface area contributed by atoms with Crippen LogP contribution in [0.15, 0.2) is 36.7 Å². The van der Waals surface area contributed by atoms with Crippen molar-refractivity contribution < 1.29 is 9.53 Å². The van der Waals surface area contributed by atoms with Gasteiger partial charge in [-0.25, -0.2) is 14.8 Å². The molecule has 1 aromatic carbocycles. The van der Waals surface area contributed by atoms with Gasteiger partial charge in [0, 0.05) is 18.0 Å². The first-order valence-electron chi connectivity index (χ1n) is 13.6. The molecule has 0 spiro atoms. The number of nitrogens with zero attached hydrogens (tertiary/aromatic N) is 3. The van der Waals surface area contributed by atoms with E-state index in [-0.39, 0.29) is 0 Å². The fourth-order valence-corrected chi connectivity index (χ4v) is 4.25. The molecule has 0 aliphatic rings.